The van der Waals surface area contributed by atoms with E-state index in [0.29, 0.717) is 32.3 Å². The van der Waals surface area contributed by atoms with Crippen LogP contribution in [0, 0.1) is 0 Å². The average Bonchev–Trinajstić information content (AvgIpc) is 3.31. The SMILES string of the molecule is COc1cc(/C=C/C(=O)Nc2nnc(SCC(=O)OCc3ccccc3)s2)cc(OC)c1OC. The Morgan fingerprint density at radius 2 is 1.74 bits per heavy atom. The minimum atomic E-state index is -0.385. The molecule has 1 aromatic heterocycles. The fourth-order valence-corrected chi connectivity index (χ4v) is 4.29. The predicted molar refractivity (Wildman–Crippen MR) is 131 cm³/mol. The van der Waals surface area contributed by atoms with E-state index in [0.717, 1.165) is 5.56 Å². The third kappa shape index (κ3) is 7.22. The van der Waals surface area contributed by atoms with Gasteiger partial charge in [0.1, 0.15) is 6.61 Å². The van der Waals surface area contributed by atoms with Gasteiger partial charge < -0.3 is 18.9 Å². The molecule has 0 spiro atoms. The van der Waals surface area contributed by atoms with Crippen molar-refractivity contribution in [1.82, 2.24) is 10.2 Å². The van der Waals surface area contributed by atoms with E-state index < -0.39 is 0 Å². The smallest absolute Gasteiger partial charge is 0.316 e. The number of ether oxygens (including phenoxy) is 4. The lowest BCUT2D eigenvalue weighted by Gasteiger charge is -2.12. The van der Waals surface area contributed by atoms with Crippen molar-refractivity contribution in [1.29, 1.82) is 0 Å². The van der Waals surface area contributed by atoms with Gasteiger partial charge in [-0.2, -0.15) is 0 Å². The van der Waals surface area contributed by atoms with Crippen molar-refractivity contribution in [2.45, 2.75) is 10.9 Å². The van der Waals surface area contributed by atoms with Crippen LogP contribution in [0.2, 0.25) is 0 Å². The van der Waals surface area contributed by atoms with Crippen LogP contribution in [0.4, 0.5) is 5.13 Å². The van der Waals surface area contributed by atoms with Crippen LogP contribution < -0.4 is 19.5 Å². The van der Waals surface area contributed by atoms with Crippen LogP contribution >= 0.6 is 23.1 Å². The van der Waals surface area contributed by atoms with Gasteiger partial charge in [-0.15, -0.1) is 10.2 Å². The quantitative estimate of drug-likeness (QED) is 0.180. The van der Waals surface area contributed by atoms with Gasteiger partial charge in [0, 0.05) is 6.08 Å². The van der Waals surface area contributed by atoms with Gasteiger partial charge in [0.25, 0.3) is 0 Å². The first-order valence-corrected chi connectivity index (χ1v) is 11.8. The molecule has 1 N–H and O–H groups in total. The number of rotatable bonds is 11. The van der Waals surface area contributed by atoms with Crippen LogP contribution in [0.3, 0.4) is 0 Å². The molecule has 0 bridgehead atoms. The fourth-order valence-electron chi connectivity index (χ4n) is 2.74. The van der Waals surface area contributed by atoms with Crippen LogP contribution in [0.1, 0.15) is 11.1 Å². The maximum atomic E-state index is 12.3. The van der Waals surface area contributed by atoms with Crippen molar-refractivity contribution in [2.24, 2.45) is 0 Å². The van der Waals surface area contributed by atoms with Crippen LogP contribution in [0.15, 0.2) is 52.9 Å². The van der Waals surface area contributed by atoms with Gasteiger partial charge in [0.15, 0.2) is 15.8 Å². The summed E-state index contributed by atoms with van der Waals surface area (Å²) in [5.41, 5.74) is 1.61. The Morgan fingerprint density at radius 3 is 2.38 bits per heavy atom. The highest BCUT2D eigenvalue weighted by Crippen LogP contribution is 2.38. The van der Waals surface area contributed by atoms with Gasteiger partial charge in [-0.25, -0.2) is 0 Å². The van der Waals surface area contributed by atoms with E-state index in [4.69, 9.17) is 18.9 Å². The molecule has 0 radical (unpaired) electrons. The first-order valence-electron chi connectivity index (χ1n) is 9.97. The first-order chi connectivity index (χ1) is 16.5. The Hall–Kier alpha value is -3.57. The molecule has 0 aliphatic heterocycles. The Morgan fingerprint density at radius 1 is 1.03 bits per heavy atom. The number of hydrogen-bond donors (Lipinski definition) is 1. The molecule has 3 aromatic rings. The summed E-state index contributed by atoms with van der Waals surface area (Å²) < 4.78 is 21.7. The zero-order valence-electron chi connectivity index (χ0n) is 18.8. The summed E-state index contributed by atoms with van der Waals surface area (Å²) in [5, 5.41) is 10.9. The number of amides is 1. The number of aromatic nitrogens is 2. The molecule has 0 saturated carbocycles. The Kier molecular flexibility index (Phi) is 9.30. The number of thioether (sulfide) groups is 1. The second-order valence-electron chi connectivity index (χ2n) is 6.59. The number of benzene rings is 2. The average molecular weight is 502 g/mol. The minimum absolute atomic E-state index is 0.0937. The molecular weight excluding hydrogens is 478 g/mol. The van der Waals surface area contributed by atoms with E-state index >= 15 is 0 Å². The predicted octanol–water partition coefficient (Wildman–Crippen LogP) is 4.05. The van der Waals surface area contributed by atoms with Crippen molar-refractivity contribution in [3.8, 4) is 17.2 Å². The van der Waals surface area contributed by atoms with E-state index in [9.17, 15) is 9.59 Å². The van der Waals surface area contributed by atoms with Crippen LogP contribution in [-0.4, -0.2) is 49.2 Å². The number of carbonyl (C=O) groups is 2. The Balaban J connectivity index is 1.50. The summed E-state index contributed by atoms with van der Waals surface area (Å²) in [6, 6.07) is 12.9. The number of methoxy groups -OCH3 is 3. The van der Waals surface area contributed by atoms with Gasteiger partial charge in [-0.1, -0.05) is 53.4 Å². The molecule has 0 aliphatic rings. The number of nitrogens with zero attached hydrogens (tertiary/aromatic N) is 2. The molecule has 178 valence electrons. The van der Waals surface area contributed by atoms with Gasteiger partial charge in [-0.3, -0.25) is 14.9 Å². The number of anilines is 1. The van der Waals surface area contributed by atoms with Gasteiger partial charge in [0.05, 0.1) is 27.1 Å². The molecular formula is C23H23N3O6S2. The zero-order valence-corrected chi connectivity index (χ0v) is 20.4. The van der Waals surface area contributed by atoms with Crippen molar-refractivity contribution >= 4 is 46.2 Å². The summed E-state index contributed by atoms with van der Waals surface area (Å²) in [6.07, 6.45) is 2.97. The van der Waals surface area contributed by atoms with Crippen molar-refractivity contribution < 1.29 is 28.5 Å². The lowest BCUT2D eigenvalue weighted by molar-refractivity contribution is -0.141. The maximum Gasteiger partial charge on any atom is 0.316 e. The third-order valence-electron chi connectivity index (χ3n) is 4.31. The molecule has 0 unspecified atom stereocenters. The van der Waals surface area contributed by atoms with Crippen molar-refractivity contribution in [3.05, 3.63) is 59.7 Å². The minimum Gasteiger partial charge on any atom is -0.493 e. The van der Waals surface area contributed by atoms with Crippen molar-refractivity contribution in [2.75, 3.05) is 32.4 Å². The molecule has 0 fully saturated rings. The summed E-state index contributed by atoms with van der Waals surface area (Å²) in [5.74, 6) is 0.780. The topological polar surface area (TPSA) is 109 Å². The fraction of sp³-hybridized carbons (Fsp3) is 0.217. The highest BCUT2D eigenvalue weighted by molar-refractivity contribution is 8.01. The van der Waals surface area contributed by atoms with Gasteiger partial charge in [-0.05, 0) is 29.3 Å². The number of hydrogen-bond acceptors (Lipinski definition) is 10. The summed E-state index contributed by atoms with van der Waals surface area (Å²) in [6.45, 7) is 0.218. The molecule has 1 heterocycles. The molecule has 0 aliphatic carbocycles. The van der Waals surface area contributed by atoms with Gasteiger partial charge in [0.2, 0.25) is 16.8 Å². The molecule has 1 amide bonds. The van der Waals surface area contributed by atoms with E-state index in [1.54, 1.807) is 18.2 Å². The van der Waals surface area contributed by atoms with E-state index in [1.165, 1.54) is 50.5 Å². The lowest BCUT2D eigenvalue weighted by Crippen LogP contribution is -2.07. The molecule has 9 nitrogen and oxygen atoms in total. The summed E-state index contributed by atoms with van der Waals surface area (Å²) in [7, 11) is 4.56. The van der Waals surface area contributed by atoms with Crippen LogP contribution in [0.25, 0.3) is 6.08 Å². The van der Waals surface area contributed by atoms with E-state index in [-0.39, 0.29) is 24.2 Å². The highest BCUT2D eigenvalue weighted by atomic mass is 32.2. The third-order valence-corrected chi connectivity index (χ3v) is 6.25. The first kappa shape index (κ1) is 25.1. The molecule has 2 aromatic carbocycles. The molecule has 3 rings (SSSR count). The second kappa shape index (κ2) is 12.6. The number of esters is 1. The number of carbonyl (C=O) groups excluding carboxylic acids is 2. The zero-order chi connectivity index (χ0) is 24.3. The molecule has 0 saturated heterocycles. The molecule has 0 atom stereocenters. The maximum absolute atomic E-state index is 12.3. The monoisotopic (exact) mass is 501 g/mol. The Labute approximate surface area is 205 Å². The molecule has 11 heteroatoms. The Bertz CT molecular complexity index is 1130. The van der Waals surface area contributed by atoms with Crippen LogP contribution in [0.5, 0.6) is 17.2 Å². The van der Waals surface area contributed by atoms with Crippen LogP contribution in [-0.2, 0) is 20.9 Å². The van der Waals surface area contributed by atoms with E-state index in [1.807, 2.05) is 30.3 Å². The molecule has 34 heavy (non-hydrogen) atoms. The van der Waals surface area contributed by atoms with E-state index in [2.05, 4.69) is 15.5 Å². The highest BCUT2D eigenvalue weighted by Gasteiger charge is 2.13. The largest absolute Gasteiger partial charge is 0.493 e. The second-order valence-corrected chi connectivity index (χ2v) is 8.79. The normalized spacial score (nSPS) is 10.7. The summed E-state index contributed by atoms with van der Waals surface area (Å²) >= 11 is 2.36. The summed E-state index contributed by atoms with van der Waals surface area (Å²) in [4.78, 5) is 24.2. The lowest BCUT2D eigenvalue weighted by atomic mass is 10.1. The standard InChI is InChI=1S/C23H23N3O6S2/c1-29-17-11-16(12-18(30-2)21(17)31-3)9-10-19(27)24-22-25-26-23(34-22)33-14-20(28)32-13-15-7-5-4-6-8-15/h4-12H,13-14H2,1-3H3,(H,24,25,27)/b10-9+. The van der Waals surface area contributed by atoms with Crippen molar-refractivity contribution in [3.63, 3.8) is 0 Å². The van der Waals surface area contributed by atoms with Gasteiger partial charge >= 0.3 is 5.97 Å². The number of nitrogens with one attached hydrogen (secondary N) is 1.